The van der Waals surface area contributed by atoms with E-state index in [-0.39, 0.29) is 18.1 Å². The number of aryl methyl sites for hydroxylation is 1. The molecule has 0 atom stereocenters. The molecule has 0 spiro atoms. The molecule has 6 heteroatoms. The number of rotatable bonds is 2. The number of ether oxygens (including phenoxy) is 2. The molecule has 1 aliphatic rings. The van der Waals surface area contributed by atoms with Gasteiger partial charge in [0.05, 0.1) is 11.1 Å². The third kappa shape index (κ3) is 2.42. The molecule has 0 saturated heterocycles. The second-order valence-electron chi connectivity index (χ2n) is 5.88. The van der Waals surface area contributed by atoms with Gasteiger partial charge in [0, 0.05) is 19.4 Å². The van der Waals surface area contributed by atoms with Crippen molar-refractivity contribution >= 4 is 22.6 Å². The number of hydrogen-bond donors (Lipinski definition) is 1. The Morgan fingerprint density at radius 2 is 1.88 bits per heavy atom. The third-order valence-corrected chi connectivity index (χ3v) is 4.26. The summed E-state index contributed by atoms with van der Waals surface area (Å²) in [6.07, 6.45) is 0. The summed E-state index contributed by atoms with van der Waals surface area (Å²) >= 11 is 0. The van der Waals surface area contributed by atoms with E-state index in [0.29, 0.717) is 33.8 Å². The highest BCUT2D eigenvalue weighted by atomic mass is 16.7. The molecule has 0 unspecified atom stereocenters. The Bertz CT molecular complexity index is 1070. The van der Waals surface area contributed by atoms with E-state index in [1.54, 1.807) is 24.3 Å². The van der Waals surface area contributed by atoms with Crippen molar-refractivity contribution in [2.45, 2.75) is 6.92 Å². The molecular formula is C19H16N2O4. The van der Waals surface area contributed by atoms with E-state index in [1.165, 1.54) is 6.92 Å². The smallest absolute Gasteiger partial charge is 0.231 e. The first-order chi connectivity index (χ1) is 12.1. The average molecular weight is 336 g/mol. The number of carbonyl (C=O) groups excluding carboxylic acids is 1. The van der Waals surface area contributed by atoms with E-state index < -0.39 is 0 Å². The van der Waals surface area contributed by atoms with Gasteiger partial charge in [0.1, 0.15) is 5.82 Å². The molecule has 1 aromatic heterocycles. The number of fused-ring (bicyclic) bond motifs is 2. The van der Waals surface area contributed by atoms with Crippen LogP contribution < -0.4 is 20.2 Å². The largest absolute Gasteiger partial charge is 0.454 e. The molecule has 0 fully saturated rings. The Hall–Kier alpha value is -3.28. The number of anilines is 1. The van der Waals surface area contributed by atoms with Crippen LogP contribution in [0.4, 0.5) is 5.82 Å². The van der Waals surface area contributed by atoms with E-state index in [1.807, 2.05) is 29.8 Å². The SMILES string of the molecule is CC(=O)Nc1c(-c2ccc3c(c2)OCO3)c(=O)c2ccccc2n1C. The minimum absolute atomic E-state index is 0.142. The molecule has 1 aliphatic heterocycles. The molecule has 4 rings (SSSR count). The molecular weight excluding hydrogens is 320 g/mol. The van der Waals surface area contributed by atoms with Gasteiger partial charge in [-0.1, -0.05) is 18.2 Å². The van der Waals surface area contributed by atoms with Gasteiger partial charge in [0.15, 0.2) is 16.9 Å². The highest BCUT2D eigenvalue weighted by molar-refractivity contribution is 5.97. The summed E-state index contributed by atoms with van der Waals surface area (Å²) in [6.45, 7) is 1.58. The molecule has 0 bridgehead atoms. The lowest BCUT2D eigenvalue weighted by molar-refractivity contribution is -0.114. The molecule has 0 aliphatic carbocycles. The number of nitrogens with one attached hydrogen (secondary N) is 1. The normalized spacial score (nSPS) is 12.4. The summed E-state index contributed by atoms with van der Waals surface area (Å²) in [5.74, 6) is 1.44. The van der Waals surface area contributed by atoms with E-state index >= 15 is 0 Å². The van der Waals surface area contributed by atoms with Crippen LogP contribution in [-0.2, 0) is 11.8 Å². The third-order valence-electron chi connectivity index (χ3n) is 4.26. The summed E-state index contributed by atoms with van der Waals surface area (Å²) in [4.78, 5) is 24.9. The fourth-order valence-electron chi connectivity index (χ4n) is 3.12. The van der Waals surface area contributed by atoms with Crippen molar-refractivity contribution in [3.05, 3.63) is 52.7 Å². The zero-order chi connectivity index (χ0) is 17.6. The maximum absolute atomic E-state index is 13.1. The summed E-state index contributed by atoms with van der Waals surface area (Å²) in [5.41, 5.74) is 1.70. The van der Waals surface area contributed by atoms with Crippen molar-refractivity contribution in [3.8, 4) is 22.6 Å². The van der Waals surface area contributed by atoms with Crippen LogP contribution in [0.25, 0.3) is 22.0 Å². The number of hydrogen-bond acceptors (Lipinski definition) is 4. The standard InChI is InChI=1S/C19H16N2O4/c1-11(22)20-19-17(12-7-8-15-16(9-12)25-10-24-15)18(23)13-5-3-4-6-14(13)21(19)2/h3-9H,10H2,1-2H3,(H,20,22). The molecule has 1 N–H and O–H groups in total. The van der Waals surface area contributed by atoms with Crippen LogP contribution in [0.5, 0.6) is 11.5 Å². The summed E-state index contributed by atoms with van der Waals surface area (Å²) < 4.78 is 12.6. The Morgan fingerprint density at radius 1 is 1.12 bits per heavy atom. The van der Waals surface area contributed by atoms with E-state index in [4.69, 9.17) is 9.47 Å². The lowest BCUT2D eigenvalue weighted by Crippen LogP contribution is -2.19. The molecule has 2 aromatic carbocycles. The number of pyridine rings is 1. The number of carbonyl (C=O) groups is 1. The number of aromatic nitrogens is 1. The van der Waals surface area contributed by atoms with Crippen LogP contribution >= 0.6 is 0 Å². The second kappa shape index (κ2) is 5.66. The van der Waals surface area contributed by atoms with Crippen molar-refractivity contribution in [2.75, 3.05) is 12.1 Å². The van der Waals surface area contributed by atoms with Gasteiger partial charge in [-0.15, -0.1) is 0 Å². The first-order valence-electron chi connectivity index (χ1n) is 7.85. The van der Waals surface area contributed by atoms with Gasteiger partial charge in [-0.25, -0.2) is 0 Å². The van der Waals surface area contributed by atoms with Gasteiger partial charge >= 0.3 is 0 Å². The van der Waals surface area contributed by atoms with Gasteiger partial charge in [-0.3, -0.25) is 9.59 Å². The molecule has 3 aromatic rings. The predicted molar refractivity (Wildman–Crippen MR) is 95.1 cm³/mol. The van der Waals surface area contributed by atoms with Crippen molar-refractivity contribution in [2.24, 2.45) is 7.05 Å². The van der Waals surface area contributed by atoms with Gasteiger partial charge in [-0.05, 0) is 29.8 Å². The van der Waals surface area contributed by atoms with Crippen LogP contribution in [0.2, 0.25) is 0 Å². The summed E-state index contributed by atoms with van der Waals surface area (Å²) in [6, 6.07) is 12.6. The number of benzene rings is 2. The second-order valence-corrected chi connectivity index (χ2v) is 5.88. The molecule has 0 saturated carbocycles. The van der Waals surface area contributed by atoms with Crippen LogP contribution in [0.3, 0.4) is 0 Å². The Morgan fingerprint density at radius 3 is 2.68 bits per heavy atom. The van der Waals surface area contributed by atoms with Gasteiger partial charge in [0.2, 0.25) is 12.7 Å². The zero-order valence-electron chi connectivity index (χ0n) is 13.8. The van der Waals surface area contributed by atoms with Crippen molar-refractivity contribution in [1.82, 2.24) is 4.57 Å². The van der Waals surface area contributed by atoms with E-state index in [9.17, 15) is 9.59 Å². The summed E-state index contributed by atoms with van der Waals surface area (Å²) in [7, 11) is 1.82. The minimum atomic E-state index is -0.243. The molecule has 2 heterocycles. The monoisotopic (exact) mass is 336 g/mol. The minimum Gasteiger partial charge on any atom is -0.454 e. The first-order valence-corrected chi connectivity index (χ1v) is 7.85. The Labute approximate surface area is 143 Å². The van der Waals surface area contributed by atoms with Crippen LogP contribution in [0, 0.1) is 0 Å². The van der Waals surface area contributed by atoms with Crippen molar-refractivity contribution in [1.29, 1.82) is 0 Å². The Kier molecular flexibility index (Phi) is 3.46. The highest BCUT2D eigenvalue weighted by Gasteiger charge is 2.20. The van der Waals surface area contributed by atoms with Gasteiger partial charge in [0.25, 0.3) is 0 Å². The van der Waals surface area contributed by atoms with Crippen LogP contribution in [0.1, 0.15) is 6.92 Å². The van der Waals surface area contributed by atoms with Crippen molar-refractivity contribution < 1.29 is 14.3 Å². The molecule has 1 amide bonds. The van der Waals surface area contributed by atoms with Gasteiger partial charge in [-0.2, -0.15) is 0 Å². The maximum atomic E-state index is 13.1. The first kappa shape index (κ1) is 15.3. The average Bonchev–Trinajstić information content (AvgIpc) is 3.07. The predicted octanol–water partition coefficient (Wildman–Crippen LogP) is 2.89. The fraction of sp³-hybridized carbons (Fsp3) is 0.158. The lowest BCUT2D eigenvalue weighted by atomic mass is 10.0. The van der Waals surface area contributed by atoms with Crippen LogP contribution in [-0.4, -0.2) is 17.3 Å². The maximum Gasteiger partial charge on any atom is 0.231 e. The number of nitrogens with zero attached hydrogens (tertiary/aromatic N) is 1. The topological polar surface area (TPSA) is 69.6 Å². The van der Waals surface area contributed by atoms with Crippen molar-refractivity contribution in [3.63, 3.8) is 0 Å². The highest BCUT2D eigenvalue weighted by Crippen LogP contribution is 2.37. The molecule has 126 valence electrons. The van der Waals surface area contributed by atoms with Crippen LogP contribution in [0.15, 0.2) is 47.3 Å². The molecule has 0 radical (unpaired) electrons. The quantitative estimate of drug-likeness (QED) is 0.781. The van der Waals surface area contributed by atoms with E-state index in [0.717, 1.165) is 5.52 Å². The molecule has 6 nitrogen and oxygen atoms in total. The lowest BCUT2D eigenvalue weighted by Gasteiger charge is -2.17. The Balaban J connectivity index is 2.06. The summed E-state index contributed by atoms with van der Waals surface area (Å²) in [5, 5.41) is 3.38. The van der Waals surface area contributed by atoms with E-state index in [2.05, 4.69) is 5.32 Å². The van der Waals surface area contributed by atoms with Gasteiger partial charge < -0.3 is 19.4 Å². The number of para-hydroxylation sites is 1. The number of amides is 1. The zero-order valence-corrected chi connectivity index (χ0v) is 13.8. The fourth-order valence-corrected chi connectivity index (χ4v) is 3.12. The molecule has 25 heavy (non-hydrogen) atoms.